The van der Waals surface area contributed by atoms with Crippen molar-refractivity contribution in [2.75, 3.05) is 7.11 Å². The van der Waals surface area contributed by atoms with Gasteiger partial charge < -0.3 is 9.84 Å². The molecule has 18 heavy (non-hydrogen) atoms. The van der Waals surface area contributed by atoms with Gasteiger partial charge in [-0.15, -0.1) is 0 Å². The summed E-state index contributed by atoms with van der Waals surface area (Å²) in [5.41, 5.74) is 0.863. The Morgan fingerprint density at radius 3 is 2.56 bits per heavy atom. The molecule has 1 unspecified atom stereocenters. The summed E-state index contributed by atoms with van der Waals surface area (Å²) < 4.78 is 19.4. The van der Waals surface area contributed by atoms with Crippen LogP contribution in [0.3, 0.4) is 0 Å². The Balaban J connectivity index is 2.37. The molecule has 2 nitrogen and oxygen atoms in total. The summed E-state index contributed by atoms with van der Waals surface area (Å²) in [6.45, 7) is 0. The van der Waals surface area contributed by atoms with E-state index >= 15 is 0 Å². The van der Waals surface area contributed by atoms with Crippen LogP contribution in [0.4, 0.5) is 4.39 Å². The topological polar surface area (TPSA) is 29.5 Å². The Morgan fingerprint density at radius 2 is 1.94 bits per heavy atom. The standard InChI is InChI=1S/C14H12BrFO2/c1-18-13-7-6-9(8-11(13)15)14(17)10-4-2-3-5-12(10)16/h2-8,14,17H,1H3. The van der Waals surface area contributed by atoms with E-state index in [2.05, 4.69) is 15.9 Å². The van der Waals surface area contributed by atoms with Crippen LogP contribution in [0.2, 0.25) is 0 Å². The van der Waals surface area contributed by atoms with E-state index in [1.54, 1.807) is 43.5 Å². The molecule has 0 radical (unpaired) electrons. The molecule has 1 N–H and O–H groups in total. The van der Waals surface area contributed by atoms with Crippen LogP contribution in [0.25, 0.3) is 0 Å². The number of rotatable bonds is 3. The highest BCUT2D eigenvalue weighted by atomic mass is 79.9. The molecule has 2 aromatic rings. The average molecular weight is 311 g/mol. The molecule has 0 bridgehead atoms. The Morgan fingerprint density at radius 1 is 1.22 bits per heavy atom. The van der Waals surface area contributed by atoms with E-state index in [0.717, 1.165) is 4.47 Å². The normalized spacial score (nSPS) is 12.2. The van der Waals surface area contributed by atoms with Crippen molar-refractivity contribution in [3.05, 3.63) is 63.9 Å². The fourth-order valence-corrected chi connectivity index (χ4v) is 2.29. The number of hydrogen-bond donors (Lipinski definition) is 1. The summed E-state index contributed by atoms with van der Waals surface area (Å²) in [5.74, 6) is 0.247. The minimum atomic E-state index is -0.992. The number of halogens is 2. The number of aliphatic hydroxyl groups is 1. The highest BCUT2D eigenvalue weighted by Crippen LogP contribution is 2.31. The van der Waals surface area contributed by atoms with E-state index in [1.807, 2.05) is 0 Å². The summed E-state index contributed by atoms with van der Waals surface area (Å²) in [6.07, 6.45) is -0.992. The van der Waals surface area contributed by atoms with Gasteiger partial charge in [0.2, 0.25) is 0 Å². The molecule has 2 rings (SSSR count). The molecule has 0 aliphatic heterocycles. The molecule has 0 spiro atoms. The van der Waals surface area contributed by atoms with E-state index in [4.69, 9.17) is 4.74 Å². The lowest BCUT2D eigenvalue weighted by Crippen LogP contribution is -2.02. The molecule has 2 aromatic carbocycles. The highest BCUT2D eigenvalue weighted by molar-refractivity contribution is 9.10. The quantitative estimate of drug-likeness (QED) is 0.937. The van der Waals surface area contributed by atoms with Crippen molar-refractivity contribution in [3.63, 3.8) is 0 Å². The first-order valence-corrected chi connectivity index (χ1v) is 6.18. The van der Waals surface area contributed by atoms with E-state index in [0.29, 0.717) is 11.3 Å². The van der Waals surface area contributed by atoms with Crippen LogP contribution in [0.1, 0.15) is 17.2 Å². The van der Waals surface area contributed by atoms with Crippen molar-refractivity contribution in [2.24, 2.45) is 0 Å². The van der Waals surface area contributed by atoms with Crippen LogP contribution in [0.5, 0.6) is 5.75 Å². The molecule has 0 aliphatic rings. The highest BCUT2D eigenvalue weighted by Gasteiger charge is 2.15. The first kappa shape index (κ1) is 13.1. The maximum Gasteiger partial charge on any atom is 0.133 e. The van der Waals surface area contributed by atoms with E-state index < -0.39 is 11.9 Å². The molecular formula is C14H12BrFO2. The number of aliphatic hydroxyl groups excluding tert-OH is 1. The molecular weight excluding hydrogens is 299 g/mol. The predicted molar refractivity (Wildman–Crippen MR) is 71.2 cm³/mol. The monoisotopic (exact) mass is 310 g/mol. The van der Waals surface area contributed by atoms with Crippen molar-refractivity contribution in [1.29, 1.82) is 0 Å². The van der Waals surface area contributed by atoms with Gasteiger partial charge in [0, 0.05) is 5.56 Å². The predicted octanol–water partition coefficient (Wildman–Crippen LogP) is 3.68. The van der Waals surface area contributed by atoms with Gasteiger partial charge in [-0.2, -0.15) is 0 Å². The zero-order valence-electron chi connectivity index (χ0n) is 9.73. The smallest absolute Gasteiger partial charge is 0.133 e. The van der Waals surface area contributed by atoms with Crippen LogP contribution in [0.15, 0.2) is 46.9 Å². The summed E-state index contributed by atoms with van der Waals surface area (Å²) in [5, 5.41) is 10.2. The molecule has 0 amide bonds. The Kier molecular flexibility index (Phi) is 3.99. The third kappa shape index (κ3) is 2.54. The van der Waals surface area contributed by atoms with Crippen LogP contribution < -0.4 is 4.74 Å². The summed E-state index contributed by atoms with van der Waals surface area (Å²) in [6, 6.07) is 11.3. The lowest BCUT2D eigenvalue weighted by atomic mass is 10.0. The second kappa shape index (κ2) is 5.50. The van der Waals surface area contributed by atoms with Crippen molar-refractivity contribution >= 4 is 15.9 Å². The molecule has 0 saturated heterocycles. The molecule has 1 atom stereocenters. The second-order valence-electron chi connectivity index (χ2n) is 3.82. The maximum absolute atomic E-state index is 13.6. The van der Waals surface area contributed by atoms with Gasteiger partial charge in [-0.25, -0.2) is 4.39 Å². The zero-order chi connectivity index (χ0) is 13.1. The largest absolute Gasteiger partial charge is 0.496 e. The van der Waals surface area contributed by atoms with Crippen LogP contribution in [-0.4, -0.2) is 12.2 Å². The number of benzene rings is 2. The lowest BCUT2D eigenvalue weighted by molar-refractivity contribution is 0.215. The van der Waals surface area contributed by atoms with Crippen molar-refractivity contribution in [1.82, 2.24) is 0 Å². The first-order chi connectivity index (χ1) is 8.63. The number of ether oxygens (including phenoxy) is 1. The zero-order valence-corrected chi connectivity index (χ0v) is 11.3. The Bertz CT molecular complexity index is 557. The van der Waals surface area contributed by atoms with Crippen molar-refractivity contribution in [2.45, 2.75) is 6.10 Å². The van der Waals surface area contributed by atoms with Gasteiger partial charge in [0.15, 0.2) is 0 Å². The molecule has 0 saturated carbocycles. The molecule has 4 heteroatoms. The van der Waals surface area contributed by atoms with Gasteiger partial charge in [0.25, 0.3) is 0 Å². The summed E-state index contributed by atoms with van der Waals surface area (Å²) in [7, 11) is 1.56. The Labute approximate surface area is 113 Å². The summed E-state index contributed by atoms with van der Waals surface area (Å²) in [4.78, 5) is 0. The molecule has 0 aromatic heterocycles. The van der Waals surface area contributed by atoms with Gasteiger partial charge in [0.1, 0.15) is 17.7 Å². The molecule has 0 aliphatic carbocycles. The second-order valence-corrected chi connectivity index (χ2v) is 4.67. The van der Waals surface area contributed by atoms with Crippen molar-refractivity contribution < 1.29 is 14.2 Å². The number of methoxy groups -OCH3 is 1. The van der Waals surface area contributed by atoms with Crippen LogP contribution >= 0.6 is 15.9 Å². The van der Waals surface area contributed by atoms with E-state index in [9.17, 15) is 9.50 Å². The van der Waals surface area contributed by atoms with Crippen LogP contribution in [-0.2, 0) is 0 Å². The fourth-order valence-electron chi connectivity index (χ4n) is 1.73. The molecule has 0 heterocycles. The van der Waals surface area contributed by atoms with Gasteiger partial charge in [0.05, 0.1) is 11.6 Å². The van der Waals surface area contributed by atoms with Gasteiger partial charge in [-0.1, -0.05) is 24.3 Å². The molecule has 94 valence electrons. The Hall–Kier alpha value is -1.39. The lowest BCUT2D eigenvalue weighted by Gasteiger charge is -2.13. The maximum atomic E-state index is 13.6. The minimum Gasteiger partial charge on any atom is -0.496 e. The van der Waals surface area contributed by atoms with Crippen LogP contribution in [0, 0.1) is 5.82 Å². The van der Waals surface area contributed by atoms with Gasteiger partial charge in [-0.3, -0.25) is 0 Å². The van der Waals surface area contributed by atoms with Gasteiger partial charge >= 0.3 is 0 Å². The summed E-state index contributed by atoms with van der Waals surface area (Å²) >= 11 is 3.34. The van der Waals surface area contributed by atoms with Crippen molar-refractivity contribution in [3.8, 4) is 5.75 Å². The fraction of sp³-hybridized carbons (Fsp3) is 0.143. The number of hydrogen-bond acceptors (Lipinski definition) is 2. The van der Waals surface area contributed by atoms with E-state index in [-0.39, 0.29) is 5.56 Å². The third-order valence-electron chi connectivity index (χ3n) is 2.69. The minimum absolute atomic E-state index is 0.259. The SMILES string of the molecule is COc1ccc(C(O)c2ccccc2F)cc1Br. The van der Waals surface area contributed by atoms with E-state index in [1.165, 1.54) is 6.07 Å². The first-order valence-electron chi connectivity index (χ1n) is 5.39. The molecule has 0 fully saturated rings. The third-order valence-corrected chi connectivity index (χ3v) is 3.31. The average Bonchev–Trinajstić information content (AvgIpc) is 2.38. The van der Waals surface area contributed by atoms with Gasteiger partial charge in [-0.05, 0) is 39.7 Å².